The molecule has 0 fully saturated rings. The van der Waals surface area contributed by atoms with Crippen LogP contribution in [0, 0.1) is 6.92 Å². The van der Waals surface area contributed by atoms with E-state index >= 15 is 0 Å². The number of rotatable bonds is 8. The summed E-state index contributed by atoms with van der Waals surface area (Å²) in [6, 6.07) is 11.1. The zero-order valence-corrected chi connectivity index (χ0v) is 19.5. The molecule has 2 amide bonds. The second-order valence-corrected chi connectivity index (χ2v) is 9.93. The molecular formula is C21H19N5O3S3. The highest BCUT2D eigenvalue weighted by atomic mass is 32.2. The summed E-state index contributed by atoms with van der Waals surface area (Å²) in [6.45, 7) is 2.44. The Bertz CT molecular complexity index is 1310. The molecule has 11 heteroatoms. The number of amides is 2. The van der Waals surface area contributed by atoms with Gasteiger partial charge in [-0.2, -0.15) is 0 Å². The number of nitrogens with zero attached hydrogens (tertiary/aromatic N) is 2. The smallest absolute Gasteiger partial charge is 0.251 e. The molecule has 0 bridgehead atoms. The number of fused-ring (bicyclic) bond motifs is 1. The SMILES string of the molecule is Cc1ccc2nc(NC(=O)CSc3nc(CC(=O)NCc4cccs4)cc(=O)[nH]3)sc2c1. The van der Waals surface area contributed by atoms with Crippen molar-refractivity contribution >= 4 is 61.6 Å². The van der Waals surface area contributed by atoms with Crippen molar-refractivity contribution in [3.63, 3.8) is 0 Å². The Morgan fingerprint density at radius 1 is 1.16 bits per heavy atom. The van der Waals surface area contributed by atoms with Gasteiger partial charge in [0.1, 0.15) is 0 Å². The Morgan fingerprint density at radius 2 is 2.03 bits per heavy atom. The van der Waals surface area contributed by atoms with Gasteiger partial charge in [-0.1, -0.05) is 35.2 Å². The summed E-state index contributed by atoms with van der Waals surface area (Å²) in [7, 11) is 0. The number of nitrogens with one attached hydrogen (secondary N) is 3. The third kappa shape index (κ3) is 6.02. The van der Waals surface area contributed by atoms with Gasteiger partial charge in [-0.05, 0) is 36.1 Å². The number of carbonyl (C=O) groups excluding carboxylic acids is 2. The summed E-state index contributed by atoms with van der Waals surface area (Å²) >= 11 is 4.06. The van der Waals surface area contributed by atoms with Gasteiger partial charge in [-0.15, -0.1) is 11.3 Å². The van der Waals surface area contributed by atoms with Crippen LogP contribution in [0.1, 0.15) is 16.1 Å². The molecule has 0 aliphatic carbocycles. The predicted molar refractivity (Wildman–Crippen MR) is 128 cm³/mol. The first-order chi connectivity index (χ1) is 15.4. The highest BCUT2D eigenvalue weighted by Gasteiger charge is 2.12. The van der Waals surface area contributed by atoms with Crippen molar-refractivity contribution in [2.45, 2.75) is 25.0 Å². The lowest BCUT2D eigenvalue weighted by Crippen LogP contribution is -2.25. The second-order valence-electron chi connectivity index (χ2n) is 6.90. The number of hydrogen-bond acceptors (Lipinski definition) is 8. The average molecular weight is 486 g/mol. The molecule has 0 saturated heterocycles. The lowest BCUT2D eigenvalue weighted by Gasteiger charge is -2.05. The van der Waals surface area contributed by atoms with Crippen LogP contribution in [-0.4, -0.2) is 32.5 Å². The van der Waals surface area contributed by atoms with E-state index in [4.69, 9.17) is 0 Å². The van der Waals surface area contributed by atoms with Gasteiger partial charge in [0.05, 0.1) is 34.6 Å². The van der Waals surface area contributed by atoms with Crippen LogP contribution in [0.25, 0.3) is 10.2 Å². The number of thioether (sulfide) groups is 1. The molecule has 4 rings (SSSR count). The van der Waals surface area contributed by atoms with Gasteiger partial charge in [0.15, 0.2) is 10.3 Å². The Morgan fingerprint density at radius 3 is 2.84 bits per heavy atom. The lowest BCUT2D eigenvalue weighted by atomic mass is 10.2. The minimum Gasteiger partial charge on any atom is -0.351 e. The maximum Gasteiger partial charge on any atom is 0.251 e. The van der Waals surface area contributed by atoms with Crippen LogP contribution in [0.2, 0.25) is 0 Å². The fourth-order valence-electron chi connectivity index (χ4n) is 2.84. The molecule has 0 aliphatic rings. The number of aryl methyl sites for hydroxylation is 1. The monoisotopic (exact) mass is 485 g/mol. The van der Waals surface area contributed by atoms with E-state index in [1.54, 1.807) is 11.3 Å². The van der Waals surface area contributed by atoms with E-state index in [2.05, 4.69) is 25.6 Å². The van der Waals surface area contributed by atoms with Gasteiger partial charge < -0.3 is 15.6 Å². The molecule has 8 nitrogen and oxygen atoms in total. The molecule has 0 atom stereocenters. The number of aromatic nitrogens is 3. The number of thiophene rings is 1. The van der Waals surface area contributed by atoms with Gasteiger partial charge in [0.25, 0.3) is 5.56 Å². The topological polar surface area (TPSA) is 117 Å². The molecule has 4 aromatic rings. The molecule has 0 radical (unpaired) electrons. The minimum absolute atomic E-state index is 0.0137. The third-order valence-corrected chi connectivity index (χ3v) is 6.97. The highest BCUT2D eigenvalue weighted by Crippen LogP contribution is 2.26. The molecule has 32 heavy (non-hydrogen) atoms. The molecule has 0 saturated carbocycles. The first-order valence-corrected chi connectivity index (χ1v) is 12.3. The Balaban J connectivity index is 1.32. The van der Waals surface area contributed by atoms with Crippen LogP contribution in [-0.2, 0) is 22.6 Å². The van der Waals surface area contributed by atoms with Gasteiger partial charge in [-0.3, -0.25) is 14.4 Å². The van der Waals surface area contributed by atoms with Gasteiger partial charge in [0, 0.05) is 10.9 Å². The van der Waals surface area contributed by atoms with Crippen LogP contribution in [0.3, 0.4) is 0 Å². The van der Waals surface area contributed by atoms with Crippen LogP contribution in [0.4, 0.5) is 5.13 Å². The summed E-state index contributed by atoms with van der Waals surface area (Å²) in [5.41, 5.74) is 1.94. The minimum atomic E-state index is -0.370. The molecule has 0 aliphatic heterocycles. The van der Waals surface area contributed by atoms with E-state index in [1.165, 1.54) is 17.4 Å². The average Bonchev–Trinajstić information content (AvgIpc) is 3.39. The normalized spacial score (nSPS) is 10.9. The number of anilines is 1. The summed E-state index contributed by atoms with van der Waals surface area (Å²) in [4.78, 5) is 48.8. The standard InChI is InChI=1S/C21H19N5O3S3/c1-12-4-5-15-16(7-12)32-21(24-15)26-19(29)11-31-20-23-13(9-18(28)25-20)8-17(27)22-10-14-3-2-6-30-14/h2-7,9H,8,10-11H2,1H3,(H,22,27)(H,23,25,28)(H,24,26,29). The highest BCUT2D eigenvalue weighted by molar-refractivity contribution is 7.99. The predicted octanol–water partition coefficient (Wildman–Crippen LogP) is 3.34. The fraction of sp³-hybridized carbons (Fsp3) is 0.190. The molecule has 0 unspecified atom stereocenters. The van der Waals surface area contributed by atoms with Crippen LogP contribution >= 0.6 is 34.4 Å². The van der Waals surface area contributed by atoms with Gasteiger partial charge in [-0.25, -0.2) is 9.97 Å². The van der Waals surface area contributed by atoms with Crippen molar-refractivity contribution in [3.8, 4) is 0 Å². The van der Waals surface area contributed by atoms with E-state index in [1.807, 2.05) is 42.6 Å². The summed E-state index contributed by atoms with van der Waals surface area (Å²) in [6.07, 6.45) is -0.0137. The molecule has 3 N–H and O–H groups in total. The van der Waals surface area contributed by atoms with Crippen molar-refractivity contribution in [1.29, 1.82) is 0 Å². The zero-order valence-electron chi connectivity index (χ0n) is 17.0. The fourth-order valence-corrected chi connectivity index (χ4v) is 5.16. The number of carbonyl (C=O) groups is 2. The lowest BCUT2D eigenvalue weighted by molar-refractivity contribution is -0.120. The number of benzene rings is 1. The third-order valence-electron chi connectivity index (χ3n) is 4.28. The molecule has 3 aromatic heterocycles. The Hall–Kier alpha value is -3.02. The van der Waals surface area contributed by atoms with Crippen molar-refractivity contribution in [1.82, 2.24) is 20.3 Å². The van der Waals surface area contributed by atoms with Crippen LogP contribution in [0.15, 0.2) is 51.7 Å². The maximum atomic E-state index is 12.3. The quantitative estimate of drug-likeness (QED) is 0.260. The van der Waals surface area contributed by atoms with Gasteiger partial charge in [0.2, 0.25) is 11.8 Å². The first-order valence-electron chi connectivity index (χ1n) is 9.64. The zero-order chi connectivity index (χ0) is 22.5. The van der Waals surface area contributed by atoms with Crippen LogP contribution < -0.4 is 16.2 Å². The first kappa shape index (κ1) is 22.2. The summed E-state index contributed by atoms with van der Waals surface area (Å²) in [5.74, 6) is -0.435. The molecule has 0 spiro atoms. The number of thiazole rings is 1. The van der Waals surface area contributed by atoms with Crippen LogP contribution in [0.5, 0.6) is 0 Å². The molecule has 1 aromatic carbocycles. The Kier molecular flexibility index (Phi) is 6.98. The second kappa shape index (κ2) is 10.1. The van der Waals surface area contributed by atoms with Gasteiger partial charge >= 0.3 is 0 Å². The number of H-pyrrole nitrogens is 1. The van der Waals surface area contributed by atoms with Crippen molar-refractivity contribution in [2.24, 2.45) is 0 Å². The molecule has 3 heterocycles. The van der Waals surface area contributed by atoms with E-state index < -0.39 is 0 Å². The maximum absolute atomic E-state index is 12.3. The van der Waals surface area contributed by atoms with Crippen molar-refractivity contribution < 1.29 is 9.59 Å². The molecular weight excluding hydrogens is 466 g/mol. The van der Waals surface area contributed by atoms with Crippen molar-refractivity contribution in [2.75, 3.05) is 11.1 Å². The Labute approximate surface area is 195 Å². The van der Waals surface area contributed by atoms with E-state index in [0.29, 0.717) is 17.4 Å². The number of hydrogen-bond donors (Lipinski definition) is 3. The van der Waals surface area contributed by atoms with E-state index in [0.717, 1.165) is 32.4 Å². The molecule has 164 valence electrons. The van der Waals surface area contributed by atoms with Crippen molar-refractivity contribution in [3.05, 3.63) is 68.3 Å². The largest absolute Gasteiger partial charge is 0.351 e. The summed E-state index contributed by atoms with van der Waals surface area (Å²) in [5, 5.41) is 8.33. The number of aromatic amines is 1. The summed E-state index contributed by atoms with van der Waals surface area (Å²) < 4.78 is 1.00. The van der Waals surface area contributed by atoms with E-state index in [-0.39, 0.29) is 34.7 Å². The van der Waals surface area contributed by atoms with E-state index in [9.17, 15) is 14.4 Å².